The van der Waals surface area contributed by atoms with Crippen LogP contribution < -0.4 is 10.6 Å². The average molecular weight is 495 g/mol. The molecule has 2 aliphatic heterocycles. The van der Waals surface area contributed by atoms with E-state index in [1.165, 1.54) is 12.0 Å². The quantitative estimate of drug-likeness (QED) is 0.378. The number of aromatic nitrogens is 3. The highest BCUT2D eigenvalue weighted by molar-refractivity contribution is 14.0. The summed E-state index contributed by atoms with van der Waals surface area (Å²) < 4.78 is 2.22. The lowest BCUT2D eigenvalue weighted by atomic mass is 10.2. The van der Waals surface area contributed by atoms with Crippen LogP contribution in [0, 0.1) is 0 Å². The molecule has 0 spiro atoms. The Balaban J connectivity index is 0.00000225. The molecule has 1 fully saturated rings. The minimum Gasteiger partial charge on any atom is -0.352 e. The van der Waals surface area contributed by atoms with Gasteiger partial charge in [0.25, 0.3) is 0 Å². The van der Waals surface area contributed by atoms with Crippen molar-refractivity contribution in [3.05, 3.63) is 47.5 Å². The zero-order valence-corrected chi connectivity index (χ0v) is 19.0. The number of likely N-dealkylation sites (tertiary alicyclic amines) is 1. The predicted molar refractivity (Wildman–Crippen MR) is 122 cm³/mol. The van der Waals surface area contributed by atoms with Crippen LogP contribution in [0.3, 0.4) is 0 Å². The fourth-order valence-corrected chi connectivity index (χ4v) is 4.13. The van der Waals surface area contributed by atoms with E-state index >= 15 is 0 Å². The van der Waals surface area contributed by atoms with Crippen molar-refractivity contribution in [2.75, 3.05) is 13.6 Å². The van der Waals surface area contributed by atoms with Gasteiger partial charge in [0.05, 0.1) is 6.54 Å². The van der Waals surface area contributed by atoms with E-state index in [-0.39, 0.29) is 24.0 Å². The molecular formula is C20H30IN7. The first kappa shape index (κ1) is 21.0. The number of guanidine groups is 1. The summed E-state index contributed by atoms with van der Waals surface area (Å²) in [6.07, 6.45) is 3.33. The first-order valence-corrected chi connectivity index (χ1v) is 9.89. The van der Waals surface area contributed by atoms with Crippen LogP contribution in [-0.4, -0.2) is 51.3 Å². The largest absolute Gasteiger partial charge is 0.352 e. The first-order chi connectivity index (χ1) is 13.2. The summed E-state index contributed by atoms with van der Waals surface area (Å²) in [5.74, 6) is 2.94. The molecular weight excluding hydrogens is 465 g/mol. The number of aryl methyl sites for hydroxylation is 1. The number of nitrogens with zero attached hydrogens (tertiary/aromatic N) is 5. The average Bonchev–Trinajstić information content (AvgIpc) is 3.37. The molecule has 1 aromatic carbocycles. The molecule has 1 saturated heterocycles. The summed E-state index contributed by atoms with van der Waals surface area (Å²) in [6.45, 7) is 6.01. The van der Waals surface area contributed by atoms with Crippen LogP contribution in [0.15, 0.2) is 35.3 Å². The predicted octanol–water partition coefficient (Wildman–Crippen LogP) is 2.17. The summed E-state index contributed by atoms with van der Waals surface area (Å²) in [4.78, 5) is 6.93. The van der Waals surface area contributed by atoms with Crippen LogP contribution in [0.2, 0.25) is 0 Å². The van der Waals surface area contributed by atoms with Crippen molar-refractivity contribution < 1.29 is 0 Å². The Morgan fingerprint density at radius 3 is 2.86 bits per heavy atom. The molecule has 4 rings (SSSR count). The maximum absolute atomic E-state index is 4.40. The van der Waals surface area contributed by atoms with E-state index in [2.05, 4.69) is 72.5 Å². The van der Waals surface area contributed by atoms with Gasteiger partial charge in [-0.25, -0.2) is 0 Å². The first-order valence-electron chi connectivity index (χ1n) is 9.89. The molecule has 28 heavy (non-hydrogen) atoms. The number of nitrogens with one attached hydrogen (secondary N) is 2. The molecule has 7 nitrogen and oxygen atoms in total. The third kappa shape index (κ3) is 4.83. The Morgan fingerprint density at radius 2 is 2.07 bits per heavy atom. The topological polar surface area (TPSA) is 70.4 Å². The molecule has 0 bridgehead atoms. The highest BCUT2D eigenvalue weighted by atomic mass is 127. The monoisotopic (exact) mass is 495 g/mol. The smallest absolute Gasteiger partial charge is 0.191 e. The van der Waals surface area contributed by atoms with Gasteiger partial charge in [-0.1, -0.05) is 30.3 Å². The second-order valence-corrected chi connectivity index (χ2v) is 7.55. The van der Waals surface area contributed by atoms with E-state index in [4.69, 9.17) is 0 Å². The number of halogens is 1. The van der Waals surface area contributed by atoms with Gasteiger partial charge in [0.1, 0.15) is 5.82 Å². The molecule has 2 atom stereocenters. The second kappa shape index (κ2) is 9.69. The fraction of sp³-hybridized carbons (Fsp3) is 0.550. The number of fused-ring (bicyclic) bond motifs is 1. The van der Waals surface area contributed by atoms with E-state index in [0.29, 0.717) is 18.6 Å². The van der Waals surface area contributed by atoms with Crippen molar-refractivity contribution in [2.45, 2.75) is 57.9 Å². The molecule has 2 aromatic rings. The normalized spacial score (nSPS) is 22.0. The van der Waals surface area contributed by atoms with Crippen molar-refractivity contribution in [2.24, 2.45) is 4.99 Å². The number of hydrogen-bond acceptors (Lipinski definition) is 4. The standard InChI is InChI=1S/C20H29N7.HI/c1-15-11-17(14-26(15)13-16-7-4-3-5-8-16)23-20(21-2)22-12-19-25-24-18-9-6-10-27(18)19;/h3-5,7-8,15,17H,6,9-14H2,1-2H3,(H2,21,22,23);1H. The molecule has 0 aliphatic carbocycles. The van der Waals surface area contributed by atoms with Gasteiger partial charge in [-0.15, -0.1) is 34.2 Å². The van der Waals surface area contributed by atoms with Gasteiger partial charge in [0.15, 0.2) is 11.8 Å². The second-order valence-electron chi connectivity index (χ2n) is 7.55. The summed E-state index contributed by atoms with van der Waals surface area (Å²) in [6, 6.07) is 11.6. The lowest BCUT2D eigenvalue weighted by Crippen LogP contribution is -2.44. The molecule has 152 valence electrons. The van der Waals surface area contributed by atoms with E-state index in [1.807, 2.05) is 7.05 Å². The third-order valence-electron chi connectivity index (χ3n) is 5.60. The van der Waals surface area contributed by atoms with Crippen LogP contribution >= 0.6 is 24.0 Å². The number of benzene rings is 1. The Labute approximate surface area is 184 Å². The molecule has 2 aliphatic rings. The Morgan fingerprint density at radius 1 is 1.25 bits per heavy atom. The zero-order valence-electron chi connectivity index (χ0n) is 16.6. The van der Waals surface area contributed by atoms with Crippen molar-refractivity contribution >= 4 is 29.9 Å². The molecule has 2 unspecified atom stereocenters. The summed E-state index contributed by atoms with van der Waals surface area (Å²) in [7, 11) is 1.82. The third-order valence-corrected chi connectivity index (χ3v) is 5.60. The minimum atomic E-state index is 0. The van der Waals surface area contributed by atoms with Crippen molar-refractivity contribution in [1.82, 2.24) is 30.3 Å². The van der Waals surface area contributed by atoms with Gasteiger partial charge in [-0.2, -0.15) is 0 Å². The van der Waals surface area contributed by atoms with Gasteiger partial charge in [-0.3, -0.25) is 9.89 Å². The molecule has 3 heterocycles. The van der Waals surface area contributed by atoms with Gasteiger partial charge in [0, 0.05) is 45.2 Å². The van der Waals surface area contributed by atoms with Gasteiger partial charge < -0.3 is 15.2 Å². The van der Waals surface area contributed by atoms with E-state index in [0.717, 1.165) is 50.1 Å². The van der Waals surface area contributed by atoms with E-state index in [1.54, 1.807) is 0 Å². The lowest BCUT2D eigenvalue weighted by Gasteiger charge is -2.21. The van der Waals surface area contributed by atoms with Crippen molar-refractivity contribution in [3.63, 3.8) is 0 Å². The summed E-state index contributed by atoms with van der Waals surface area (Å²) in [5.41, 5.74) is 1.37. The van der Waals surface area contributed by atoms with Crippen LogP contribution in [0.4, 0.5) is 0 Å². The van der Waals surface area contributed by atoms with E-state index < -0.39 is 0 Å². The molecule has 0 saturated carbocycles. The molecule has 0 radical (unpaired) electrons. The highest BCUT2D eigenvalue weighted by Gasteiger charge is 2.29. The van der Waals surface area contributed by atoms with Crippen molar-refractivity contribution in [1.29, 1.82) is 0 Å². The molecule has 2 N–H and O–H groups in total. The number of hydrogen-bond donors (Lipinski definition) is 2. The SMILES string of the molecule is CN=C(NCc1nnc2n1CCC2)NC1CC(C)N(Cc2ccccc2)C1.I. The summed E-state index contributed by atoms with van der Waals surface area (Å²) >= 11 is 0. The van der Waals surface area contributed by atoms with Crippen LogP contribution in [0.5, 0.6) is 0 Å². The maximum atomic E-state index is 4.40. The fourth-order valence-electron chi connectivity index (χ4n) is 4.13. The van der Waals surface area contributed by atoms with E-state index in [9.17, 15) is 0 Å². The van der Waals surface area contributed by atoms with Gasteiger partial charge in [-0.05, 0) is 25.3 Å². The number of aliphatic imine (C=N–C) groups is 1. The number of rotatable bonds is 5. The maximum Gasteiger partial charge on any atom is 0.191 e. The summed E-state index contributed by atoms with van der Waals surface area (Å²) in [5, 5.41) is 15.6. The van der Waals surface area contributed by atoms with Crippen molar-refractivity contribution in [3.8, 4) is 0 Å². The van der Waals surface area contributed by atoms with Gasteiger partial charge in [0.2, 0.25) is 0 Å². The Hall–Kier alpha value is -1.68. The van der Waals surface area contributed by atoms with Crippen LogP contribution in [0.25, 0.3) is 0 Å². The Kier molecular flexibility index (Phi) is 7.28. The molecule has 0 amide bonds. The van der Waals surface area contributed by atoms with Gasteiger partial charge >= 0.3 is 0 Å². The minimum absolute atomic E-state index is 0. The zero-order chi connectivity index (χ0) is 18.6. The molecule has 8 heteroatoms. The Bertz CT molecular complexity index is 789. The van der Waals surface area contributed by atoms with Crippen LogP contribution in [0.1, 0.15) is 37.0 Å². The highest BCUT2D eigenvalue weighted by Crippen LogP contribution is 2.20. The molecule has 1 aromatic heterocycles. The lowest BCUT2D eigenvalue weighted by molar-refractivity contribution is 0.258. The van der Waals surface area contributed by atoms with Crippen LogP contribution in [-0.2, 0) is 26.1 Å².